The molecule has 0 aliphatic heterocycles. The number of hydrogen-bond donors (Lipinski definition) is 1. The molecule has 1 aromatic rings. The normalized spacial score (nSPS) is 10.4. The molecule has 1 rings (SSSR count). The van der Waals surface area contributed by atoms with Gasteiger partial charge in [0.1, 0.15) is 0 Å². The first-order chi connectivity index (χ1) is 6.99. The predicted molar refractivity (Wildman–Crippen MR) is 63.2 cm³/mol. The second-order valence-electron chi connectivity index (χ2n) is 4.10. The van der Waals surface area contributed by atoms with E-state index < -0.39 is 0 Å². The van der Waals surface area contributed by atoms with Crippen LogP contribution in [0.15, 0.2) is 6.07 Å². The molecule has 15 heavy (non-hydrogen) atoms. The number of benzene rings is 1. The minimum absolute atomic E-state index is 0.317. The van der Waals surface area contributed by atoms with E-state index in [0.29, 0.717) is 5.56 Å². The van der Waals surface area contributed by atoms with Crippen LogP contribution < -0.4 is 5.73 Å². The second kappa shape index (κ2) is 4.47. The van der Waals surface area contributed by atoms with Crippen LogP contribution in [0.4, 0.5) is 0 Å². The number of aryl methyl sites for hydroxylation is 2. The quantitative estimate of drug-likeness (QED) is 0.810. The van der Waals surface area contributed by atoms with E-state index in [1.165, 1.54) is 11.1 Å². The first-order valence-electron chi connectivity index (χ1n) is 5.38. The lowest BCUT2D eigenvalue weighted by Gasteiger charge is -2.14. The number of carbonyl (C=O) groups excluding carboxylic acids is 1. The number of primary amides is 1. The van der Waals surface area contributed by atoms with Crippen LogP contribution in [0.25, 0.3) is 0 Å². The van der Waals surface area contributed by atoms with Crippen molar-refractivity contribution in [2.75, 3.05) is 0 Å². The van der Waals surface area contributed by atoms with Gasteiger partial charge >= 0.3 is 0 Å². The first kappa shape index (κ1) is 11.8. The van der Waals surface area contributed by atoms with E-state index in [2.05, 4.69) is 19.9 Å². The van der Waals surface area contributed by atoms with E-state index in [-0.39, 0.29) is 5.91 Å². The topological polar surface area (TPSA) is 43.1 Å². The number of rotatable bonds is 3. The SMILES string of the molecule is CCCc1c(C)cc(C)c(C(N)=O)c1C. The molecule has 0 radical (unpaired) electrons. The van der Waals surface area contributed by atoms with E-state index in [1.54, 1.807) is 0 Å². The maximum atomic E-state index is 11.3. The average Bonchev–Trinajstić information content (AvgIpc) is 2.11. The zero-order chi connectivity index (χ0) is 11.6. The number of carbonyl (C=O) groups is 1. The van der Waals surface area contributed by atoms with Gasteiger partial charge in [0, 0.05) is 5.56 Å². The zero-order valence-electron chi connectivity index (χ0n) is 9.98. The summed E-state index contributed by atoms with van der Waals surface area (Å²) in [6.07, 6.45) is 2.10. The monoisotopic (exact) mass is 205 g/mol. The molecular formula is C13H19NO. The van der Waals surface area contributed by atoms with Crippen molar-refractivity contribution in [2.24, 2.45) is 5.73 Å². The Balaban J connectivity index is 3.42. The van der Waals surface area contributed by atoms with Gasteiger partial charge < -0.3 is 5.73 Å². The molecule has 1 aromatic carbocycles. The van der Waals surface area contributed by atoms with Crippen LogP contribution in [0.2, 0.25) is 0 Å². The van der Waals surface area contributed by atoms with Crippen LogP contribution in [0.5, 0.6) is 0 Å². The third kappa shape index (κ3) is 2.20. The fraction of sp³-hybridized carbons (Fsp3) is 0.462. The van der Waals surface area contributed by atoms with Gasteiger partial charge in [-0.15, -0.1) is 0 Å². The first-order valence-corrected chi connectivity index (χ1v) is 5.38. The minimum atomic E-state index is -0.317. The summed E-state index contributed by atoms with van der Waals surface area (Å²) in [5, 5.41) is 0. The summed E-state index contributed by atoms with van der Waals surface area (Å²) in [6, 6.07) is 2.05. The van der Waals surface area contributed by atoms with Crippen LogP contribution in [-0.4, -0.2) is 5.91 Å². The summed E-state index contributed by atoms with van der Waals surface area (Å²) in [7, 11) is 0. The lowest BCUT2D eigenvalue weighted by Crippen LogP contribution is -2.16. The Kier molecular flexibility index (Phi) is 3.51. The summed E-state index contributed by atoms with van der Waals surface area (Å²) in [5.74, 6) is -0.317. The van der Waals surface area contributed by atoms with Crippen molar-refractivity contribution in [1.29, 1.82) is 0 Å². The van der Waals surface area contributed by atoms with Gasteiger partial charge in [-0.2, -0.15) is 0 Å². The van der Waals surface area contributed by atoms with Gasteiger partial charge in [0.15, 0.2) is 0 Å². The molecule has 2 nitrogen and oxygen atoms in total. The van der Waals surface area contributed by atoms with Gasteiger partial charge in [0.05, 0.1) is 0 Å². The van der Waals surface area contributed by atoms with Gasteiger partial charge in [0.25, 0.3) is 0 Å². The predicted octanol–water partition coefficient (Wildman–Crippen LogP) is 2.66. The molecule has 0 aromatic heterocycles. The molecule has 0 spiro atoms. The molecule has 0 unspecified atom stereocenters. The molecule has 0 aliphatic carbocycles. The Hall–Kier alpha value is -1.31. The number of amides is 1. The lowest BCUT2D eigenvalue weighted by atomic mass is 9.91. The van der Waals surface area contributed by atoms with Crippen LogP contribution in [0.1, 0.15) is 46.0 Å². The summed E-state index contributed by atoms with van der Waals surface area (Å²) < 4.78 is 0. The van der Waals surface area contributed by atoms with Crippen molar-refractivity contribution in [3.8, 4) is 0 Å². The van der Waals surface area contributed by atoms with Crippen molar-refractivity contribution in [2.45, 2.75) is 40.5 Å². The van der Waals surface area contributed by atoms with Crippen LogP contribution in [0.3, 0.4) is 0 Å². The fourth-order valence-electron chi connectivity index (χ4n) is 2.24. The summed E-state index contributed by atoms with van der Waals surface area (Å²) in [4.78, 5) is 11.3. The van der Waals surface area contributed by atoms with Gasteiger partial charge in [-0.3, -0.25) is 4.79 Å². The third-order valence-electron chi connectivity index (χ3n) is 2.88. The van der Waals surface area contributed by atoms with Gasteiger partial charge in [0.2, 0.25) is 5.91 Å². The van der Waals surface area contributed by atoms with Gasteiger partial charge in [-0.25, -0.2) is 0 Å². The lowest BCUT2D eigenvalue weighted by molar-refractivity contribution is 0.0999. The third-order valence-corrected chi connectivity index (χ3v) is 2.88. The molecule has 0 atom stereocenters. The molecule has 0 saturated heterocycles. The number of nitrogens with two attached hydrogens (primary N) is 1. The van der Waals surface area contributed by atoms with E-state index in [4.69, 9.17) is 5.73 Å². The maximum absolute atomic E-state index is 11.3. The minimum Gasteiger partial charge on any atom is -0.366 e. The van der Waals surface area contributed by atoms with Crippen molar-refractivity contribution in [3.05, 3.63) is 33.9 Å². The highest BCUT2D eigenvalue weighted by molar-refractivity contribution is 5.96. The van der Waals surface area contributed by atoms with E-state index in [9.17, 15) is 4.79 Å². The smallest absolute Gasteiger partial charge is 0.249 e. The van der Waals surface area contributed by atoms with E-state index >= 15 is 0 Å². The van der Waals surface area contributed by atoms with Gasteiger partial charge in [-0.1, -0.05) is 19.4 Å². The standard InChI is InChI=1S/C13H19NO/c1-5-6-11-8(2)7-9(3)12(10(11)4)13(14)15/h7H,5-6H2,1-4H3,(H2,14,15). The molecule has 0 aliphatic rings. The van der Waals surface area contributed by atoms with Crippen molar-refractivity contribution >= 4 is 5.91 Å². The molecule has 82 valence electrons. The molecule has 2 N–H and O–H groups in total. The van der Waals surface area contributed by atoms with Crippen molar-refractivity contribution in [3.63, 3.8) is 0 Å². The van der Waals surface area contributed by atoms with Crippen LogP contribution in [0, 0.1) is 20.8 Å². The van der Waals surface area contributed by atoms with Crippen LogP contribution in [-0.2, 0) is 6.42 Å². The second-order valence-corrected chi connectivity index (χ2v) is 4.10. The fourth-order valence-corrected chi connectivity index (χ4v) is 2.24. The summed E-state index contributed by atoms with van der Waals surface area (Å²) >= 11 is 0. The summed E-state index contributed by atoms with van der Waals surface area (Å²) in [5.41, 5.74) is 10.7. The van der Waals surface area contributed by atoms with Gasteiger partial charge in [-0.05, 0) is 49.4 Å². The molecule has 0 fully saturated rings. The van der Waals surface area contributed by atoms with E-state index in [0.717, 1.165) is 24.0 Å². The zero-order valence-corrected chi connectivity index (χ0v) is 9.98. The molecule has 1 amide bonds. The number of hydrogen-bond acceptors (Lipinski definition) is 1. The van der Waals surface area contributed by atoms with E-state index in [1.807, 2.05) is 13.8 Å². The largest absolute Gasteiger partial charge is 0.366 e. The summed E-state index contributed by atoms with van der Waals surface area (Å²) in [6.45, 7) is 8.17. The Bertz CT molecular complexity index is 394. The highest BCUT2D eigenvalue weighted by Crippen LogP contribution is 2.23. The highest BCUT2D eigenvalue weighted by Gasteiger charge is 2.13. The highest BCUT2D eigenvalue weighted by atomic mass is 16.1. The molecule has 0 saturated carbocycles. The molecule has 2 heteroatoms. The maximum Gasteiger partial charge on any atom is 0.249 e. The molecule has 0 bridgehead atoms. The Morgan fingerprint density at radius 2 is 1.87 bits per heavy atom. The van der Waals surface area contributed by atoms with Crippen molar-refractivity contribution < 1.29 is 4.79 Å². The van der Waals surface area contributed by atoms with Crippen molar-refractivity contribution in [1.82, 2.24) is 0 Å². The Morgan fingerprint density at radius 1 is 1.27 bits per heavy atom. The molecule has 0 heterocycles. The Labute approximate surface area is 91.5 Å². The van der Waals surface area contributed by atoms with Crippen LogP contribution >= 0.6 is 0 Å². The Morgan fingerprint density at radius 3 is 2.33 bits per heavy atom. The average molecular weight is 205 g/mol. The molecular weight excluding hydrogens is 186 g/mol.